The highest BCUT2D eigenvalue weighted by Crippen LogP contribution is 2.19. The third kappa shape index (κ3) is 3.29. The van der Waals surface area contributed by atoms with E-state index >= 15 is 0 Å². The van der Waals surface area contributed by atoms with E-state index in [0.29, 0.717) is 6.61 Å². The second-order valence-electron chi connectivity index (χ2n) is 3.28. The van der Waals surface area contributed by atoms with Crippen LogP contribution in [0.4, 0.5) is 0 Å². The Balaban J connectivity index is 2.81. The summed E-state index contributed by atoms with van der Waals surface area (Å²) in [5.41, 5.74) is 0.989. The van der Waals surface area contributed by atoms with Crippen LogP contribution >= 0.6 is 0 Å². The predicted molar refractivity (Wildman–Crippen MR) is 61.5 cm³/mol. The van der Waals surface area contributed by atoms with Gasteiger partial charge in [0.1, 0.15) is 0 Å². The normalized spacial score (nSPS) is 13.1. The number of pyridine rings is 1. The van der Waals surface area contributed by atoms with Gasteiger partial charge in [0.2, 0.25) is 0 Å². The molecule has 1 heterocycles. The van der Waals surface area contributed by atoms with Crippen LogP contribution in [-0.2, 0) is 4.74 Å². The molecule has 3 nitrogen and oxygen atoms in total. The molecule has 1 atom stereocenters. The fourth-order valence-electron chi connectivity index (χ4n) is 1.61. The molecule has 0 saturated heterocycles. The Morgan fingerprint density at radius 3 is 2.47 bits per heavy atom. The van der Waals surface area contributed by atoms with E-state index in [-0.39, 0.29) is 6.23 Å². The Hall–Kier alpha value is -0.930. The minimum absolute atomic E-state index is 0.00815. The van der Waals surface area contributed by atoms with Crippen molar-refractivity contribution >= 4 is 0 Å². The van der Waals surface area contributed by atoms with Crippen LogP contribution in [0.15, 0.2) is 24.4 Å². The van der Waals surface area contributed by atoms with Crippen molar-refractivity contribution in [3.63, 3.8) is 0 Å². The zero-order chi connectivity index (χ0) is 11.1. The highest BCUT2D eigenvalue weighted by atomic mass is 16.5. The molecular weight excluding hydrogens is 188 g/mol. The molecule has 0 aliphatic heterocycles. The van der Waals surface area contributed by atoms with Crippen LogP contribution in [0.1, 0.15) is 32.7 Å². The lowest BCUT2D eigenvalue weighted by Crippen LogP contribution is -2.31. The van der Waals surface area contributed by atoms with Gasteiger partial charge in [-0.05, 0) is 32.1 Å². The van der Waals surface area contributed by atoms with Gasteiger partial charge >= 0.3 is 0 Å². The molecule has 1 unspecified atom stereocenters. The molecule has 1 rings (SSSR count). The fourth-order valence-corrected chi connectivity index (χ4v) is 1.61. The Morgan fingerprint density at radius 2 is 2.00 bits per heavy atom. The molecule has 0 bridgehead atoms. The maximum atomic E-state index is 5.74. The monoisotopic (exact) mass is 208 g/mol. The predicted octanol–water partition coefficient (Wildman–Crippen LogP) is 2.46. The number of hydrogen-bond acceptors (Lipinski definition) is 3. The van der Waals surface area contributed by atoms with Gasteiger partial charge in [0.15, 0.2) is 6.23 Å². The van der Waals surface area contributed by atoms with E-state index in [1.54, 1.807) is 0 Å². The summed E-state index contributed by atoms with van der Waals surface area (Å²) >= 11 is 0. The first-order valence-corrected chi connectivity index (χ1v) is 5.60. The van der Waals surface area contributed by atoms with Crippen molar-refractivity contribution in [1.82, 2.24) is 9.88 Å². The van der Waals surface area contributed by atoms with Crippen molar-refractivity contribution < 1.29 is 4.74 Å². The quantitative estimate of drug-likeness (QED) is 0.671. The lowest BCUT2D eigenvalue weighted by Gasteiger charge is -2.28. The SMILES string of the molecule is CCOC(c1ccccn1)N(CC)CC. The topological polar surface area (TPSA) is 25.4 Å². The van der Waals surface area contributed by atoms with Gasteiger partial charge in [0.05, 0.1) is 5.69 Å². The molecule has 0 saturated carbocycles. The van der Waals surface area contributed by atoms with Crippen molar-refractivity contribution in [2.75, 3.05) is 19.7 Å². The van der Waals surface area contributed by atoms with E-state index in [2.05, 4.69) is 23.7 Å². The standard InChI is InChI=1S/C12H20N2O/c1-4-14(5-2)12(15-6-3)11-9-7-8-10-13-11/h7-10,12H,4-6H2,1-3H3. The third-order valence-electron chi connectivity index (χ3n) is 2.41. The first-order valence-electron chi connectivity index (χ1n) is 5.60. The van der Waals surface area contributed by atoms with Gasteiger partial charge in [-0.2, -0.15) is 0 Å². The largest absolute Gasteiger partial charge is 0.357 e. The second-order valence-corrected chi connectivity index (χ2v) is 3.28. The Labute approximate surface area is 92.1 Å². The molecule has 1 aromatic rings. The summed E-state index contributed by atoms with van der Waals surface area (Å²) in [4.78, 5) is 6.60. The molecule has 1 aromatic heterocycles. The smallest absolute Gasteiger partial charge is 0.153 e. The van der Waals surface area contributed by atoms with Crippen molar-refractivity contribution in [3.8, 4) is 0 Å². The highest BCUT2D eigenvalue weighted by Gasteiger charge is 2.18. The minimum atomic E-state index is -0.00815. The van der Waals surface area contributed by atoms with Crippen LogP contribution in [0.25, 0.3) is 0 Å². The summed E-state index contributed by atoms with van der Waals surface area (Å²) in [6.07, 6.45) is 1.80. The maximum absolute atomic E-state index is 5.74. The van der Waals surface area contributed by atoms with Gasteiger partial charge in [-0.25, -0.2) is 0 Å². The van der Waals surface area contributed by atoms with E-state index in [1.165, 1.54) is 0 Å². The van der Waals surface area contributed by atoms with Crippen molar-refractivity contribution in [2.45, 2.75) is 27.0 Å². The van der Waals surface area contributed by atoms with E-state index < -0.39 is 0 Å². The number of ether oxygens (including phenoxy) is 1. The molecule has 0 radical (unpaired) electrons. The minimum Gasteiger partial charge on any atom is -0.357 e. The van der Waals surface area contributed by atoms with E-state index in [4.69, 9.17) is 4.74 Å². The summed E-state index contributed by atoms with van der Waals surface area (Å²) in [6, 6.07) is 5.94. The molecule has 0 aromatic carbocycles. The average Bonchev–Trinajstić information content (AvgIpc) is 2.30. The molecule has 0 aliphatic rings. The molecule has 15 heavy (non-hydrogen) atoms. The highest BCUT2D eigenvalue weighted by molar-refractivity contribution is 5.06. The zero-order valence-electron chi connectivity index (χ0n) is 9.81. The number of nitrogens with zero attached hydrogens (tertiary/aromatic N) is 2. The zero-order valence-corrected chi connectivity index (χ0v) is 9.81. The third-order valence-corrected chi connectivity index (χ3v) is 2.41. The fraction of sp³-hybridized carbons (Fsp3) is 0.583. The van der Waals surface area contributed by atoms with Crippen molar-refractivity contribution in [2.24, 2.45) is 0 Å². The van der Waals surface area contributed by atoms with Gasteiger partial charge in [0.25, 0.3) is 0 Å². The lowest BCUT2D eigenvalue weighted by atomic mass is 10.3. The number of aromatic nitrogens is 1. The Morgan fingerprint density at radius 1 is 1.27 bits per heavy atom. The van der Waals surface area contributed by atoms with Crippen LogP contribution in [-0.4, -0.2) is 29.6 Å². The molecule has 3 heteroatoms. The van der Waals surface area contributed by atoms with Crippen LogP contribution in [0.3, 0.4) is 0 Å². The number of rotatable bonds is 6. The Bertz CT molecular complexity index is 260. The summed E-state index contributed by atoms with van der Waals surface area (Å²) < 4.78 is 5.74. The van der Waals surface area contributed by atoms with Crippen LogP contribution in [0, 0.1) is 0 Å². The summed E-state index contributed by atoms with van der Waals surface area (Å²) in [7, 11) is 0. The molecule has 0 aliphatic carbocycles. The summed E-state index contributed by atoms with van der Waals surface area (Å²) in [5, 5.41) is 0. The van der Waals surface area contributed by atoms with Gasteiger partial charge in [-0.3, -0.25) is 9.88 Å². The number of hydrogen-bond donors (Lipinski definition) is 0. The second kappa shape index (κ2) is 6.53. The van der Waals surface area contributed by atoms with Crippen LogP contribution in [0.2, 0.25) is 0 Å². The average molecular weight is 208 g/mol. The first kappa shape index (κ1) is 12.1. The van der Waals surface area contributed by atoms with Gasteiger partial charge in [0, 0.05) is 12.8 Å². The lowest BCUT2D eigenvalue weighted by molar-refractivity contribution is -0.0557. The molecule has 0 amide bonds. The molecule has 0 N–H and O–H groups in total. The van der Waals surface area contributed by atoms with Crippen LogP contribution in [0.5, 0.6) is 0 Å². The van der Waals surface area contributed by atoms with E-state index in [0.717, 1.165) is 18.8 Å². The maximum Gasteiger partial charge on any atom is 0.153 e. The molecule has 0 fully saturated rings. The van der Waals surface area contributed by atoms with E-state index in [1.807, 2.05) is 31.3 Å². The first-order chi connectivity index (χ1) is 7.33. The molecule has 84 valence electrons. The van der Waals surface area contributed by atoms with Gasteiger partial charge in [-0.15, -0.1) is 0 Å². The summed E-state index contributed by atoms with van der Waals surface area (Å²) in [5.74, 6) is 0. The van der Waals surface area contributed by atoms with Gasteiger partial charge in [-0.1, -0.05) is 19.9 Å². The van der Waals surface area contributed by atoms with Gasteiger partial charge < -0.3 is 4.74 Å². The van der Waals surface area contributed by atoms with Crippen molar-refractivity contribution in [3.05, 3.63) is 30.1 Å². The van der Waals surface area contributed by atoms with Crippen molar-refractivity contribution in [1.29, 1.82) is 0 Å². The Kier molecular flexibility index (Phi) is 5.29. The van der Waals surface area contributed by atoms with Crippen LogP contribution < -0.4 is 0 Å². The molecule has 0 spiro atoms. The summed E-state index contributed by atoms with van der Waals surface area (Å²) in [6.45, 7) is 8.93. The molecular formula is C12H20N2O. The van der Waals surface area contributed by atoms with E-state index in [9.17, 15) is 0 Å².